The number of ether oxygens (including phenoxy) is 1. The van der Waals surface area contributed by atoms with E-state index in [2.05, 4.69) is 10.4 Å². The monoisotopic (exact) mass is 383 g/mol. The third-order valence-corrected chi connectivity index (χ3v) is 4.26. The summed E-state index contributed by atoms with van der Waals surface area (Å²) in [6.45, 7) is 4.05. The lowest BCUT2D eigenvalue weighted by Gasteiger charge is -2.13. The highest BCUT2D eigenvalue weighted by Crippen LogP contribution is 2.14. The average molecular weight is 383 g/mol. The van der Waals surface area contributed by atoms with E-state index in [1.165, 1.54) is 4.68 Å². The van der Waals surface area contributed by atoms with Crippen LogP contribution in [0.4, 0.5) is 0 Å². The largest absolute Gasteiger partial charge is 0.484 e. The first-order valence-electron chi connectivity index (χ1n) is 8.62. The lowest BCUT2D eigenvalue weighted by Crippen LogP contribution is -2.30. The van der Waals surface area contributed by atoms with Gasteiger partial charge >= 0.3 is 0 Å². The molecule has 0 fully saturated rings. The van der Waals surface area contributed by atoms with Crippen LogP contribution in [-0.2, 0) is 17.9 Å². The number of hydrogen-bond acceptors (Lipinski definition) is 5. The van der Waals surface area contributed by atoms with Gasteiger partial charge in [-0.2, -0.15) is 0 Å². The zero-order valence-electron chi connectivity index (χ0n) is 15.2. The molecule has 27 heavy (non-hydrogen) atoms. The zero-order valence-corrected chi connectivity index (χ0v) is 16.0. The number of hydrogen-bond donors (Lipinski definition) is 1. The molecule has 1 heterocycles. The predicted molar refractivity (Wildman–Crippen MR) is 104 cm³/mol. The first kappa shape index (κ1) is 18.8. The van der Waals surface area contributed by atoms with Crippen molar-refractivity contribution in [1.29, 1.82) is 0 Å². The Morgan fingerprint density at radius 3 is 2.78 bits per heavy atom. The van der Waals surface area contributed by atoms with E-state index in [0.717, 1.165) is 16.9 Å². The topological polar surface area (TPSA) is 69.3 Å². The Morgan fingerprint density at radius 1 is 1.26 bits per heavy atom. The van der Waals surface area contributed by atoms with Crippen LogP contribution in [0.15, 0.2) is 59.0 Å². The van der Waals surface area contributed by atoms with Crippen molar-refractivity contribution in [3.05, 3.63) is 76.5 Å². The highest BCUT2D eigenvalue weighted by Gasteiger charge is 2.13. The van der Waals surface area contributed by atoms with Gasteiger partial charge in [-0.3, -0.25) is 4.79 Å². The number of carbonyl (C=O) groups excluding carboxylic acids is 1. The summed E-state index contributed by atoms with van der Waals surface area (Å²) in [5.74, 6) is 0.854. The first-order chi connectivity index (χ1) is 13.0. The molecule has 1 atom stereocenters. The van der Waals surface area contributed by atoms with Gasteiger partial charge in [-0.05, 0) is 49.3 Å². The maximum absolute atomic E-state index is 12.3. The molecule has 0 saturated carbocycles. The number of aromatic nitrogens is 2. The van der Waals surface area contributed by atoms with Crippen molar-refractivity contribution in [2.24, 2.45) is 0 Å². The van der Waals surface area contributed by atoms with E-state index in [0.29, 0.717) is 5.89 Å². The number of rotatable bonds is 7. The molecule has 0 unspecified atom stereocenters. The Morgan fingerprint density at radius 2 is 2.04 bits per heavy atom. The van der Waals surface area contributed by atoms with Crippen molar-refractivity contribution >= 4 is 18.1 Å². The molecule has 0 aliphatic heterocycles. The van der Waals surface area contributed by atoms with Crippen molar-refractivity contribution < 1.29 is 13.9 Å². The van der Waals surface area contributed by atoms with Crippen LogP contribution < -0.4 is 10.1 Å². The Kier molecular flexibility index (Phi) is 6.03. The van der Waals surface area contributed by atoms with Gasteiger partial charge in [0, 0.05) is 0 Å². The SMILES string of the molecule is Cc1cccc(OCc2nn(CC(=O)N[C@H](C)c3ccccc3)c(=S)o2)c1. The average Bonchev–Trinajstić information content (AvgIpc) is 3.00. The van der Waals surface area contributed by atoms with Crippen LogP contribution in [0.1, 0.15) is 30.0 Å². The summed E-state index contributed by atoms with van der Waals surface area (Å²) in [4.78, 5) is 12.4. The second-order valence-electron chi connectivity index (χ2n) is 6.22. The van der Waals surface area contributed by atoms with Gasteiger partial charge in [-0.25, -0.2) is 4.68 Å². The molecule has 1 aromatic heterocycles. The molecule has 1 amide bonds. The number of benzene rings is 2. The molecule has 3 rings (SSSR count). The smallest absolute Gasteiger partial charge is 0.287 e. The molecule has 0 aliphatic rings. The molecule has 0 spiro atoms. The molecule has 0 saturated heterocycles. The van der Waals surface area contributed by atoms with Gasteiger partial charge < -0.3 is 14.5 Å². The van der Waals surface area contributed by atoms with Crippen molar-refractivity contribution in [2.75, 3.05) is 0 Å². The summed E-state index contributed by atoms with van der Waals surface area (Å²) in [6.07, 6.45) is 0. The maximum atomic E-state index is 12.3. The number of amides is 1. The second-order valence-corrected chi connectivity index (χ2v) is 6.57. The summed E-state index contributed by atoms with van der Waals surface area (Å²) >= 11 is 5.15. The van der Waals surface area contributed by atoms with Crippen molar-refractivity contribution in [1.82, 2.24) is 15.1 Å². The Balaban J connectivity index is 1.57. The van der Waals surface area contributed by atoms with Crippen LogP contribution in [-0.4, -0.2) is 15.7 Å². The second kappa shape index (κ2) is 8.64. The lowest BCUT2D eigenvalue weighted by atomic mass is 10.1. The summed E-state index contributed by atoms with van der Waals surface area (Å²) in [7, 11) is 0. The normalized spacial score (nSPS) is 11.8. The summed E-state index contributed by atoms with van der Waals surface area (Å²) in [5, 5.41) is 7.15. The van der Waals surface area contributed by atoms with E-state index in [1.54, 1.807) is 0 Å². The summed E-state index contributed by atoms with van der Waals surface area (Å²) in [6, 6.07) is 17.3. The van der Waals surface area contributed by atoms with Gasteiger partial charge in [0.15, 0.2) is 6.61 Å². The minimum atomic E-state index is -0.193. The van der Waals surface area contributed by atoms with E-state index in [-0.39, 0.29) is 29.9 Å². The Labute approximate surface area is 162 Å². The third kappa shape index (κ3) is 5.27. The van der Waals surface area contributed by atoms with Crippen LogP contribution in [0.25, 0.3) is 0 Å². The highest BCUT2D eigenvalue weighted by molar-refractivity contribution is 7.71. The van der Waals surface area contributed by atoms with Gasteiger partial charge in [0.2, 0.25) is 5.91 Å². The number of nitrogens with one attached hydrogen (secondary N) is 1. The molecular formula is C20H21N3O3S. The maximum Gasteiger partial charge on any atom is 0.287 e. The Hall–Kier alpha value is -2.93. The quantitative estimate of drug-likeness (QED) is 0.625. The number of carbonyl (C=O) groups is 1. The van der Waals surface area contributed by atoms with Crippen LogP contribution in [0, 0.1) is 11.8 Å². The van der Waals surface area contributed by atoms with Crippen molar-refractivity contribution in [2.45, 2.75) is 33.0 Å². The van der Waals surface area contributed by atoms with Crippen LogP contribution in [0.5, 0.6) is 5.75 Å². The molecule has 7 heteroatoms. The summed E-state index contributed by atoms with van der Waals surface area (Å²) < 4.78 is 12.4. The van der Waals surface area contributed by atoms with Gasteiger partial charge in [-0.1, -0.05) is 42.5 Å². The highest BCUT2D eigenvalue weighted by atomic mass is 32.1. The molecule has 0 radical (unpaired) electrons. The molecule has 0 aliphatic carbocycles. The number of nitrogens with zero attached hydrogens (tertiary/aromatic N) is 2. The third-order valence-electron chi connectivity index (χ3n) is 3.97. The molecule has 140 valence electrons. The van der Waals surface area contributed by atoms with E-state index in [9.17, 15) is 4.79 Å². The fourth-order valence-electron chi connectivity index (χ4n) is 2.61. The molecule has 0 bridgehead atoms. The van der Waals surface area contributed by atoms with E-state index < -0.39 is 0 Å². The van der Waals surface area contributed by atoms with Crippen LogP contribution >= 0.6 is 12.2 Å². The molecular weight excluding hydrogens is 362 g/mol. The minimum Gasteiger partial charge on any atom is -0.484 e. The molecule has 6 nitrogen and oxygen atoms in total. The fourth-order valence-corrected chi connectivity index (χ4v) is 2.81. The molecule has 3 aromatic rings. The van der Waals surface area contributed by atoms with Gasteiger partial charge in [0.05, 0.1) is 6.04 Å². The van der Waals surface area contributed by atoms with Crippen molar-refractivity contribution in [3.8, 4) is 5.75 Å². The lowest BCUT2D eigenvalue weighted by molar-refractivity contribution is -0.122. The van der Waals surface area contributed by atoms with E-state index in [1.807, 2.05) is 68.4 Å². The van der Waals surface area contributed by atoms with Crippen LogP contribution in [0.2, 0.25) is 0 Å². The fraction of sp³-hybridized carbons (Fsp3) is 0.250. The van der Waals surface area contributed by atoms with Gasteiger partial charge in [0.1, 0.15) is 12.3 Å². The van der Waals surface area contributed by atoms with E-state index >= 15 is 0 Å². The zero-order chi connectivity index (χ0) is 19.2. The predicted octanol–water partition coefficient (Wildman–Crippen LogP) is 3.97. The van der Waals surface area contributed by atoms with Gasteiger partial charge in [0.25, 0.3) is 10.7 Å². The number of aryl methyl sites for hydroxylation is 1. The van der Waals surface area contributed by atoms with E-state index in [4.69, 9.17) is 21.4 Å². The first-order valence-corrected chi connectivity index (χ1v) is 9.02. The van der Waals surface area contributed by atoms with Crippen LogP contribution in [0.3, 0.4) is 0 Å². The Bertz CT molecular complexity index is 966. The molecule has 2 aromatic carbocycles. The minimum absolute atomic E-state index is 0.00997. The van der Waals surface area contributed by atoms with Crippen molar-refractivity contribution in [3.63, 3.8) is 0 Å². The summed E-state index contributed by atoms with van der Waals surface area (Å²) in [5.41, 5.74) is 2.13. The molecule has 1 N–H and O–H groups in total. The standard InChI is InChI=1S/C20H21N3O3S/c1-14-7-6-10-17(11-14)25-13-19-22-23(20(27)26-19)12-18(24)21-15(2)16-8-4-3-5-9-16/h3-11,15H,12-13H2,1-2H3,(H,21,24)/t15-/m1/s1. The van der Waals surface area contributed by atoms with Gasteiger partial charge in [-0.15, -0.1) is 5.10 Å².